The van der Waals surface area contributed by atoms with Crippen LogP contribution in [-0.2, 0) is 14.8 Å². The number of ether oxygens (including phenoxy) is 1. The van der Waals surface area contributed by atoms with Crippen molar-refractivity contribution in [1.82, 2.24) is 9.21 Å². The van der Waals surface area contributed by atoms with Crippen LogP contribution in [0, 0.1) is 11.6 Å². The lowest BCUT2D eigenvalue weighted by atomic mass is 10.2. The highest BCUT2D eigenvalue weighted by molar-refractivity contribution is 7.89. The van der Waals surface area contributed by atoms with E-state index in [1.807, 2.05) is 0 Å². The molecule has 3 rings (SSSR count). The molecule has 29 heavy (non-hydrogen) atoms. The normalized spacial score (nSPS) is 16.5. The van der Waals surface area contributed by atoms with Crippen LogP contribution in [0.1, 0.15) is 6.92 Å². The lowest BCUT2D eigenvalue weighted by Crippen LogP contribution is -2.53. The molecular weight excluding hydrogens is 426 g/mol. The zero-order chi connectivity index (χ0) is 21.2. The van der Waals surface area contributed by atoms with Crippen molar-refractivity contribution in [2.24, 2.45) is 0 Å². The molecule has 10 heteroatoms. The first-order valence-electron chi connectivity index (χ1n) is 8.85. The molecule has 1 amide bonds. The van der Waals surface area contributed by atoms with E-state index < -0.39 is 32.7 Å². The third-order valence-corrected chi connectivity index (χ3v) is 6.74. The van der Waals surface area contributed by atoms with Gasteiger partial charge >= 0.3 is 0 Å². The first kappa shape index (κ1) is 21.5. The van der Waals surface area contributed by atoms with Crippen LogP contribution in [-0.4, -0.2) is 55.8 Å². The summed E-state index contributed by atoms with van der Waals surface area (Å²) in [5, 5.41) is 0.542. The number of hydrogen-bond acceptors (Lipinski definition) is 4. The Labute approximate surface area is 172 Å². The molecule has 0 radical (unpaired) electrons. The smallest absolute Gasteiger partial charge is 0.263 e. The fraction of sp³-hybridized carbons (Fsp3) is 0.316. The zero-order valence-corrected chi connectivity index (χ0v) is 17.1. The number of sulfonamides is 1. The van der Waals surface area contributed by atoms with Crippen LogP contribution in [0.25, 0.3) is 0 Å². The molecular formula is C19H19ClF2N2O4S. The number of hydrogen-bond donors (Lipinski definition) is 0. The minimum absolute atomic E-state index is 0.0739. The summed E-state index contributed by atoms with van der Waals surface area (Å²) in [5.41, 5.74) is 0. The second-order valence-electron chi connectivity index (χ2n) is 6.49. The number of rotatable bonds is 5. The van der Waals surface area contributed by atoms with Gasteiger partial charge in [-0.05, 0) is 43.3 Å². The number of amides is 1. The zero-order valence-electron chi connectivity index (χ0n) is 15.5. The highest BCUT2D eigenvalue weighted by Gasteiger charge is 2.35. The molecule has 1 fully saturated rings. The first-order valence-corrected chi connectivity index (χ1v) is 10.7. The van der Waals surface area contributed by atoms with Gasteiger partial charge in [-0.25, -0.2) is 17.2 Å². The molecule has 0 N–H and O–H groups in total. The summed E-state index contributed by atoms with van der Waals surface area (Å²) in [7, 11) is -4.34. The minimum atomic E-state index is -4.34. The molecule has 2 aromatic rings. The fourth-order valence-corrected chi connectivity index (χ4v) is 4.69. The van der Waals surface area contributed by atoms with Crippen LogP contribution in [0.4, 0.5) is 8.78 Å². The summed E-state index contributed by atoms with van der Waals surface area (Å²) in [4.78, 5) is 13.1. The molecule has 0 aliphatic carbocycles. The number of nitrogens with zero attached hydrogens (tertiary/aromatic N) is 2. The molecule has 1 aliphatic heterocycles. The first-order chi connectivity index (χ1) is 13.7. The van der Waals surface area contributed by atoms with Crippen molar-refractivity contribution in [2.75, 3.05) is 26.2 Å². The minimum Gasteiger partial charge on any atom is -0.481 e. The van der Waals surface area contributed by atoms with E-state index in [1.165, 1.54) is 4.90 Å². The van der Waals surface area contributed by atoms with E-state index in [-0.39, 0.29) is 32.1 Å². The molecule has 6 nitrogen and oxygen atoms in total. The van der Waals surface area contributed by atoms with Crippen LogP contribution >= 0.6 is 11.6 Å². The van der Waals surface area contributed by atoms with Crippen molar-refractivity contribution < 1.29 is 26.7 Å². The van der Waals surface area contributed by atoms with Gasteiger partial charge in [0.05, 0.1) is 0 Å². The van der Waals surface area contributed by atoms with Gasteiger partial charge < -0.3 is 9.64 Å². The predicted molar refractivity (Wildman–Crippen MR) is 103 cm³/mol. The average Bonchev–Trinajstić information content (AvgIpc) is 2.69. The second-order valence-corrected chi connectivity index (χ2v) is 8.81. The average molecular weight is 445 g/mol. The molecule has 156 valence electrons. The Kier molecular flexibility index (Phi) is 6.40. The molecule has 0 aromatic heterocycles. The van der Waals surface area contributed by atoms with Crippen molar-refractivity contribution >= 4 is 27.5 Å². The predicted octanol–water partition coefficient (Wildman–Crippen LogP) is 2.92. The quantitative estimate of drug-likeness (QED) is 0.711. The molecule has 0 spiro atoms. The van der Waals surface area contributed by atoms with Crippen LogP contribution < -0.4 is 4.74 Å². The van der Waals surface area contributed by atoms with Crippen LogP contribution in [0.5, 0.6) is 5.75 Å². The fourth-order valence-electron chi connectivity index (χ4n) is 3.03. The Hall–Kier alpha value is -2.23. The Bertz CT molecular complexity index is 974. The van der Waals surface area contributed by atoms with Gasteiger partial charge in [-0.3, -0.25) is 4.79 Å². The summed E-state index contributed by atoms with van der Waals surface area (Å²) < 4.78 is 59.6. The van der Waals surface area contributed by atoms with Gasteiger partial charge in [-0.2, -0.15) is 4.31 Å². The monoisotopic (exact) mass is 444 g/mol. The number of carbonyl (C=O) groups excluding carboxylic acids is 1. The van der Waals surface area contributed by atoms with Gasteiger partial charge in [-0.1, -0.05) is 17.7 Å². The molecule has 0 saturated carbocycles. The SMILES string of the molecule is CC(Oc1ccc(Cl)cc1)C(=O)N1CCN(S(=O)(=O)c2c(F)cccc2F)CC1. The Morgan fingerprint density at radius 3 is 2.14 bits per heavy atom. The Morgan fingerprint density at radius 1 is 1.03 bits per heavy atom. The van der Waals surface area contributed by atoms with Gasteiger partial charge in [0.2, 0.25) is 10.0 Å². The van der Waals surface area contributed by atoms with E-state index in [0.29, 0.717) is 10.8 Å². The van der Waals surface area contributed by atoms with Crippen molar-refractivity contribution in [3.63, 3.8) is 0 Å². The van der Waals surface area contributed by atoms with Gasteiger partial charge in [0.15, 0.2) is 11.0 Å². The van der Waals surface area contributed by atoms with Gasteiger partial charge in [-0.15, -0.1) is 0 Å². The third-order valence-electron chi connectivity index (χ3n) is 4.54. The van der Waals surface area contributed by atoms with E-state index in [0.717, 1.165) is 22.5 Å². The van der Waals surface area contributed by atoms with E-state index in [4.69, 9.17) is 16.3 Å². The van der Waals surface area contributed by atoms with Crippen LogP contribution in [0.15, 0.2) is 47.4 Å². The third kappa shape index (κ3) is 4.68. The lowest BCUT2D eigenvalue weighted by Gasteiger charge is -2.35. The number of halogens is 3. The molecule has 1 atom stereocenters. The Balaban J connectivity index is 1.63. The van der Waals surface area contributed by atoms with Gasteiger partial charge in [0, 0.05) is 31.2 Å². The van der Waals surface area contributed by atoms with Crippen LogP contribution in [0.2, 0.25) is 5.02 Å². The largest absolute Gasteiger partial charge is 0.481 e. The highest BCUT2D eigenvalue weighted by atomic mass is 35.5. The molecule has 2 aromatic carbocycles. The van der Waals surface area contributed by atoms with Crippen molar-refractivity contribution in [2.45, 2.75) is 17.9 Å². The van der Waals surface area contributed by atoms with E-state index in [1.54, 1.807) is 31.2 Å². The standard InChI is InChI=1S/C19H19ClF2N2O4S/c1-13(28-15-7-5-14(20)6-8-15)19(25)23-9-11-24(12-10-23)29(26,27)18-16(21)3-2-4-17(18)22/h2-8,13H,9-12H2,1H3. The summed E-state index contributed by atoms with van der Waals surface area (Å²) in [6.45, 7) is 1.62. The maximum atomic E-state index is 13.9. The maximum Gasteiger partial charge on any atom is 0.263 e. The second kappa shape index (κ2) is 8.64. The molecule has 1 heterocycles. The molecule has 0 bridgehead atoms. The molecule has 1 aliphatic rings. The summed E-state index contributed by atoms with van der Waals surface area (Å²) in [6.07, 6.45) is -0.789. The molecule has 1 unspecified atom stereocenters. The maximum absolute atomic E-state index is 13.9. The van der Waals surface area contributed by atoms with Gasteiger partial charge in [0.1, 0.15) is 17.4 Å². The van der Waals surface area contributed by atoms with E-state index >= 15 is 0 Å². The summed E-state index contributed by atoms with van der Waals surface area (Å²) >= 11 is 5.82. The number of benzene rings is 2. The number of piperazine rings is 1. The van der Waals surface area contributed by atoms with E-state index in [9.17, 15) is 22.0 Å². The molecule has 1 saturated heterocycles. The van der Waals surface area contributed by atoms with Crippen LogP contribution in [0.3, 0.4) is 0 Å². The highest BCUT2D eigenvalue weighted by Crippen LogP contribution is 2.24. The Morgan fingerprint density at radius 2 is 1.59 bits per heavy atom. The van der Waals surface area contributed by atoms with Crippen molar-refractivity contribution in [3.05, 3.63) is 59.1 Å². The summed E-state index contributed by atoms with van der Waals surface area (Å²) in [5.74, 6) is -2.12. The summed E-state index contributed by atoms with van der Waals surface area (Å²) in [6, 6.07) is 9.44. The van der Waals surface area contributed by atoms with Crippen molar-refractivity contribution in [3.8, 4) is 5.75 Å². The number of carbonyl (C=O) groups is 1. The van der Waals surface area contributed by atoms with Crippen molar-refractivity contribution in [1.29, 1.82) is 0 Å². The lowest BCUT2D eigenvalue weighted by molar-refractivity contribution is -0.139. The topological polar surface area (TPSA) is 66.9 Å². The van der Waals surface area contributed by atoms with Gasteiger partial charge in [0.25, 0.3) is 5.91 Å². The van der Waals surface area contributed by atoms with E-state index in [2.05, 4.69) is 0 Å².